The number of rotatable bonds is 8. The standard InChI is InChI=1S/C35H34N2O5/c1-22-20-37(34(39)36-32(22)38)33-31-24-14-13-23(19-24)30(31)29(42-33)21-41-35(25-9-5-3-6-10-25,26-11-7-4-8-12-26)27-15-17-28(40-2)18-16-27/h3-18,20,23-24,29-31,33H,19,21H2,1-2H3,(H,36,38,39)/t23-,24+,29+,30+,31+,33+/m0/s1. The number of nitrogens with zero attached hydrogens (tertiary/aromatic N) is 1. The number of hydrogen-bond donors (Lipinski definition) is 1. The molecule has 0 radical (unpaired) electrons. The molecule has 0 amide bonds. The molecule has 6 atom stereocenters. The van der Waals surface area contributed by atoms with E-state index in [9.17, 15) is 9.59 Å². The van der Waals surface area contributed by atoms with E-state index in [0.29, 0.717) is 24.0 Å². The second kappa shape index (κ2) is 10.6. The van der Waals surface area contributed by atoms with E-state index in [4.69, 9.17) is 14.2 Å². The normalized spacial score (nSPS) is 26.0. The number of aryl methyl sites for hydroxylation is 1. The average Bonchev–Trinajstić information content (AvgIpc) is 3.75. The van der Waals surface area contributed by atoms with Crippen molar-refractivity contribution in [2.45, 2.75) is 31.3 Å². The number of hydrogen-bond acceptors (Lipinski definition) is 5. The van der Waals surface area contributed by atoms with E-state index in [-0.39, 0.29) is 23.5 Å². The van der Waals surface area contributed by atoms with E-state index in [1.807, 2.05) is 48.5 Å². The van der Waals surface area contributed by atoms with Gasteiger partial charge in [0.25, 0.3) is 5.56 Å². The molecule has 0 spiro atoms. The molecule has 214 valence electrons. The van der Waals surface area contributed by atoms with Crippen LogP contribution in [0.15, 0.2) is 113 Å². The summed E-state index contributed by atoms with van der Waals surface area (Å²) in [7, 11) is 1.66. The number of benzene rings is 3. The Balaban J connectivity index is 1.30. The summed E-state index contributed by atoms with van der Waals surface area (Å²) >= 11 is 0. The Morgan fingerprint density at radius 3 is 2.07 bits per heavy atom. The number of methoxy groups -OCH3 is 1. The van der Waals surface area contributed by atoms with Crippen LogP contribution in [-0.4, -0.2) is 29.4 Å². The third kappa shape index (κ3) is 4.27. The van der Waals surface area contributed by atoms with Gasteiger partial charge in [-0.1, -0.05) is 84.9 Å². The van der Waals surface area contributed by atoms with Gasteiger partial charge in [0.15, 0.2) is 0 Å². The maximum absolute atomic E-state index is 13.0. The monoisotopic (exact) mass is 562 g/mol. The second-order valence-electron chi connectivity index (χ2n) is 11.6. The van der Waals surface area contributed by atoms with E-state index >= 15 is 0 Å². The lowest BCUT2D eigenvalue weighted by Gasteiger charge is -2.37. The number of fused-ring (bicyclic) bond motifs is 5. The number of H-pyrrole nitrogens is 1. The number of nitrogens with one attached hydrogen (secondary N) is 1. The maximum Gasteiger partial charge on any atom is 0.330 e. The highest BCUT2D eigenvalue weighted by Gasteiger charge is 2.58. The Morgan fingerprint density at radius 2 is 1.45 bits per heavy atom. The summed E-state index contributed by atoms with van der Waals surface area (Å²) in [5, 5.41) is 0. The molecule has 2 aliphatic carbocycles. The van der Waals surface area contributed by atoms with Gasteiger partial charge in [0.1, 0.15) is 17.6 Å². The molecule has 2 fully saturated rings. The summed E-state index contributed by atoms with van der Waals surface area (Å²) in [6, 6.07) is 28.6. The smallest absolute Gasteiger partial charge is 0.330 e. The van der Waals surface area contributed by atoms with Gasteiger partial charge in [-0.2, -0.15) is 0 Å². The highest BCUT2D eigenvalue weighted by Crippen LogP contribution is 2.58. The van der Waals surface area contributed by atoms with Crippen LogP contribution in [-0.2, 0) is 15.1 Å². The summed E-state index contributed by atoms with van der Waals surface area (Å²) in [4.78, 5) is 27.6. The van der Waals surface area contributed by atoms with Crippen LogP contribution < -0.4 is 16.0 Å². The van der Waals surface area contributed by atoms with Gasteiger partial charge in [-0.15, -0.1) is 0 Å². The lowest BCUT2D eigenvalue weighted by atomic mass is 9.79. The van der Waals surface area contributed by atoms with Crippen LogP contribution >= 0.6 is 0 Å². The lowest BCUT2D eigenvalue weighted by Crippen LogP contribution is -2.38. The fourth-order valence-corrected chi connectivity index (χ4v) is 7.49. The van der Waals surface area contributed by atoms with Gasteiger partial charge < -0.3 is 14.2 Å². The van der Waals surface area contributed by atoms with E-state index in [2.05, 4.69) is 53.5 Å². The van der Waals surface area contributed by atoms with Crippen molar-refractivity contribution < 1.29 is 14.2 Å². The molecule has 3 aromatic carbocycles. The van der Waals surface area contributed by atoms with Gasteiger partial charge in [0.05, 0.1) is 19.8 Å². The largest absolute Gasteiger partial charge is 0.497 e. The first-order chi connectivity index (χ1) is 20.5. The van der Waals surface area contributed by atoms with Crippen LogP contribution in [0.1, 0.15) is 34.9 Å². The second-order valence-corrected chi connectivity index (χ2v) is 11.6. The zero-order valence-corrected chi connectivity index (χ0v) is 23.7. The minimum atomic E-state index is -0.912. The van der Waals surface area contributed by atoms with Crippen LogP contribution in [0.25, 0.3) is 0 Å². The van der Waals surface area contributed by atoms with Crippen molar-refractivity contribution in [1.29, 1.82) is 0 Å². The van der Waals surface area contributed by atoms with Gasteiger partial charge in [0, 0.05) is 23.6 Å². The molecule has 1 N–H and O–H groups in total. The Labute approximate surface area is 244 Å². The molecular formula is C35H34N2O5. The molecule has 42 heavy (non-hydrogen) atoms. The number of aromatic nitrogens is 2. The van der Waals surface area contributed by atoms with Crippen molar-refractivity contribution in [2.75, 3.05) is 13.7 Å². The summed E-state index contributed by atoms with van der Waals surface area (Å²) in [5.41, 5.74) is 1.76. The van der Waals surface area contributed by atoms with Crippen molar-refractivity contribution in [3.8, 4) is 5.75 Å². The van der Waals surface area contributed by atoms with E-state index < -0.39 is 17.5 Å². The third-order valence-corrected chi connectivity index (χ3v) is 9.40. The minimum absolute atomic E-state index is 0.125. The van der Waals surface area contributed by atoms with Crippen molar-refractivity contribution in [1.82, 2.24) is 9.55 Å². The fraction of sp³-hybridized carbons (Fsp3) is 0.314. The molecule has 7 heteroatoms. The molecular weight excluding hydrogens is 528 g/mol. The van der Waals surface area contributed by atoms with Gasteiger partial charge in [-0.3, -0.25) is 14.3 Å². The van der Waals surface area contributed by atoms with Gasteiger partial charge in [-0.05, 0) is 54.0 Å². The molecule has 4 aromatic rings. The molecule has 1 aliphatic heterocycles. The van der Waals surface area contributed by atoms with E-state index in [1.165, 1.54) is 0 Å². The SMILES string of the molecule is COc1ccc(C(OC[C@H]2O[C@@H](n3cc(C)c(=O)[nH]c3=O)[C@H]3[C@@H]2[C@H]2C=C[C@@H]3C2)(c2ccccc2)c2ccccc2)cc1. The van der Waals surface area contributed by atoms with Crippen LogP contribution in [0, 0.1) is 30.6 Å². The Hall–Kier alpha value is -4.20. The van der Waals surface area contributed by atoms with E-state index in [0.717, 1.165) is 28.9 Å². The molecule has 2 heterocycles. The molecule has 7 rings (SSSR count). The minimum Gasteiger partial charge on any atom is -0.497 e. The summed E-state index contributed by atoms with van der Waals surface area (Å²) in [5.74, 6) is 1.78. The molecule has 0 unspecified atom stereocenters. The highest BCUT2D eigenvalue weighted by atomic mass is 16.6. The molecule has 2 bridgehead atoms. The highest BCUT2D eigenvalue weighted by molar-refractivity contribution is 5.48. The first-order valence-electron chi connectivity index (χ1n) is 14.5. The quantitative estimate of drug-likeness (QED) is 0.236. The molecule has 1 saturated carbocycles. The lowest BCUT2D eigenvalue weighted by molar-refractivity contribution is -0.0917. The van der Waals surface area contributed by atoms with Crippen LogP contribution in [0.4, 0.5) is 0 Å². The number of ether oxygens (including phenoxy) is 3. The number of aromatic amines is 1. The van der Waals surface area contributed by atoms with Crippen LogP contribution in [0.5, 0.6) is 5.75 Å². The molecule has 7 nitrogen and oxygen atoms in total. The molecule has 1 aromatic heterocycles. The zero-order valence-electron chi connectivity index (χ0n) is 23.7. The summed E-state index contributed by atoms with van der Waals surface area (Å²) in [6.45, 7) is 2.03. The Morgan fingerprint density at radius 1 is 0.857 bits per heavy atom. The van der Waals surface area contributed by atoms with Crippen molar-refractivity contribution in [3.63, 3.8) is 0 Å². The Kier molecular flexibility index (Phi) is 6.72. The van der Waals surface area contributed by atoms with Crippen molar-refractivity contribution in [3.05, 3.63) is 146 Å². The average molecular weight is 563 g/mol. The zero-order chi connectivity index (χ0) is 28.8. The summed E-state index contributed by atoms with van der Waals surface area (Å²) < 4.78 is 21.0. The predicted octanol–water partition coefficient (Wildman–Crippen LogP) is 5.20. The van der Waals surface area contributed by atoms with Crippen molar-refractivity contribution >= 4 is 0 Å². The molecule has 3 aliphatic rings. The van der Waals surface area contributed by atoms with Gasteiger partial charge in [-0.25, -0.2) is 4.79 Å². The maximum atomic E-state index is 13.0. The first-order valence-corrected chi connectivity index (χ1v) is 14.5. The third-order valence-electron chi connectivity index (χ3n) is 9.40. The fourth-order valence-electron chi connectivity index (χ4n) is 7.49. The van der Waals surface area contributed by atoms with Gasteiger partial charge >= 0.3 is 5.69 Å². The summed E-state index contributed by atoms with van der Waals surface area (Å²) in [6.07, 6.45) is 6.53. The van der Waals surface area contributed by atoms with Crippen LogP contribution in [0.3, 0.4) is 0 Å². The topological polar surface area (TPSA) is 82.6 Å². The van der Waals surface area contributed by atoms with Gasteiger partial charge in [0.2, 0.25) is 0 Å². The van der Waals surface area contributed by atoms with Crippen LogP contribution in [0.2, 0.25) is 0 Å². The predicted molar refractivity (Wildman–Crippen MR) is 159 cm³/mol. The first kappa shape index (κ1) is 26.7. The van der Waals surface area contributed by atoms with Crippen molar-refractivity contribution in [2.24, 2.45) is 23.7 Å². The Bertz CT molecular complexity index is 1670. The number of allylic oxidation sites excluding steroid dienone is 2. The van der Waals surface area contributed by atoms with E-state index in [1.54, 1.807) is 24.8 Å². The molecule has 1 saturated heterocycles.